The molecule has 0 bridgehead atoms. The van der Waals surface area contributed by atoms with E-state index in [0.29, 0.717) is 6.26 Å². The van der Waals surface area contributed by atoms with Gasteiger partial charge in [0, 0.05) is 0 Å². The average Bonchev–Trinajstić information content (AvgIpc) is 2.85. The smallest absolute Gasteiger partial charge is 0.339 e. The van der Waals surface area contributed by atoms with E-state index >= 15 is 0 Å². The van der Waals surface area contributed by atoms with Crippen molar-refractivity contribution < 1.29 is 64.6 Å². The number of hydrogen-bond acceptors (Lipinski definition) is 13. The molecule has 2 fully saturated rings. The number of ether oxygens (including phenoxy) is 4. The molecule has 172 valence electrons. The van der Waals surface area contributed by atoms with Gasteiger partial charge in [-0.15, -0.1) is 0 Å². The molecule has 0 aromatic carbocycles. The molecular weight excluding hydrogens is 412 g/mol. The van der Waals surface area contributed by atoms with Crippen molar-refractivity contribution in [1.29, 1.82) is 0 Å². The van der Waals surface area contributed by atoms with Crippen molar-refractivity contribution in [3.63, 3.8) is 0 Å². The summed E-state index contributed by atoms with van der Waals surface area (Å²) in [6, 6.07) is 0. The van der Waals surface area contributed by atoms with E-state index in [9.17, 15) is 45.6 Å². The van der Waals surface area contributed by atoms with Gasteiger partial charge in [0.2, 0.25) is 6.29 Å². The van der Waals surface area contributed by atoms with Gasteiger partial charge in [0.25, 0.3) is 0 Å². The number of esters is 1. The van der Waals surface area contributed by atoms with E-state index in [1.54, 1.807) is 0 Å². The highest BCUT2D eigenvalue weighted by molar-refractivity contribution is 5.91. The molecule has 3 aliphatic rings. The predicted octanol–water partition coefficient (Wildman–Crippen LogP) is -4.95. The standard InChI is InChI=1S/C17H26O13/c1-16(25)10-15(30-14-9(21)8(20)7(19)6(3-18)29-14)28-4-5(13(24)27-2)17(10,26)12(23)11(16)22/h4,6-12,14-15,18-23,25-26H,3H2,1-2H3/t6-,7-,8+,9-,10+,11+,12-,14+,15+,16-,17+/m0/s1. The summed E-state index contributed by atoms with van der Waals surface area (Å²) < 4.78 is 20.5. The van der Waals surface area contributed by atoms with Gasteiger partial charge in [-0.25, -0.2) is 4.79 Å². The lowest BCUT2D eigenvalue weighted by atomic mass is 9.76. The highest BCUT2D eigenvalue weighted by atomic mass is 16.8. The second-order valence-electron chi connectivity index (χ2n) is 7.78. The minimum atomic E-state index is -2.58. The lowest BCUT2D eigenvalue weighted by Gasteiger charge is -2.46. The molecule has 1 saturated heterocycles. The molecule has 0 amide bonds. The molecular formula is C17H26O13. The third kappa shape index (κ3) is 3.22. The SMILES string of the molecule is COC(=O)C1=CO[C@H](O[C@H]2O[C@@H](CO)[C@H](O)[C@@H](O)[C@@H]2O)[C@@H]2[C@](C)(O)[C@H](O)[C@H](O)[C@@]12O. The van der Waals surface area contributed by atoms with E-state index in [1.165, 1.54) is 0 Å². The van der Waals surface area contributed by atoms with Crippen molar-refractivity contribution in [3.8, 4) is 0 Å². The minimum Gasteiger partial charge on any atom is -0.471 e. The first-order valence-electron chi connectivity index (χ1n) is 9.14. The number of fused-ring (bicyclic) bond motifs is 1. The van der Waals surface area contributed by atoms with Crippen LogP contribution < -0.4 is 0 Å². The van der Waals surface area contributed by atoms with Gasteiger partial charge in [-0.1, -0.05) is 0 Å². The van der Waals surface area contributed by atoms with Crippen molar-refractivity contribution in [3.05, 3.63) is 11.8 Å². The lowest BCUT2D eigenvalue weighted by Crippen LogP contribution is -2.63. The maximum atomic E-state index is 12.1. The molecule has 0 radical (unpaired) electrons. The van der Waals surface area contributed by atoms with Gasteiger partial charge in [-0.3, -0.25) is 0 Å². The van der Waals surface area contributed by atoms with Crippen LogP contribution in [0.25, 0.3) is 0 Å². The fraction of sp³-hybridized carbons (Fsp3) is 0.824. The summed E-state index contributed by atoms with van der Waals surface area (Å²) in [5, 5.41) is 81.9. The lowest BCUT2D eigenvalue weighted by molar-refractivity contribution is -0.352. The molecule has 1 aliphatic carbocycles. The molecule has 0 aromatic heterocycles. The molecule has 0 spiro atoms. The van der Waals surface area contributed by atoms with Crippen molar-refractivity contribution in [1.82, 2.24) is 0 Å². The first kappa shape index (κ1) is 23.3. The molecule has 11 atom stereocenters. The Hall–Kier alpha value is -1.39. The van der Waals surface area contributed by atoms with Crippen molar-refractivity contribution in [2.45, 2.75) is 67.3 Å². The third-order valence-corrected chi connectivity index (χ3v) is 6.00. The summed E-state index contributed by atoms with van der Waals surface area (Å²) in [6.45, 7) is 0.335. The highest BCUT2D eigenvalue weighted by Crippen LogP contribution is 2.52. The van der Waals surface area contributed by atoms with Gasteiger partial charge in [-0.05, 0) is 6.92 Å². The molecule has 0 aromatic rings. The van der Waals surface area contributed by atoms with Crippen molar-refractivity contribution >= 4 is 5.97 Å². The number of hydrogen-bond donors (Lipinski definition) is 8. The van der Waals surface area contributed by atoms with E-state index in [2.05, 4.69) is 4.74 Å². The first-order valence-corrected chi connectivity index (χ1v) is 9.14. The molecule has 3 rings (SSSR count). The molecule has 30 heavy (non-hydrogen) atoms. The monoisotopic (exact) mass is 438 g/mol. The fourth-order valence-electron chi connectivity index (χ4n) is 4.24. The number of aliphatic hydroxyl groups is 8. The normalized spacial score (nSPS) is 51.0. The molecule has 13 heteroatoms. The molecule has 0 unspecified atom stereocenters. The van der Waals surface area contributed by atoms with E-state index in [0.717, 1.165) is 14.0 Å². The van der Waals surface area contributed by atoms with Crippen LogP contribution in [0.4, 0.5) is 0 Å². The van der Waals surface area contributed by atoms with Crippen LogP contribution in [0.2, 0.25) is 0 Å². The Morgan fingerprint density at radius 3 is 2.27 bits per heavy atom. The topological polar surface area (TPSA) is 216 Å². The maximum absolute atomic E-state index is 12.1. The Morgan fingerprint density at radius 1 is 1.07 bits per heavy atom. The van der Waals surface area contributed by atoms with Crippen LogP contribution in [-0.2, 0) is 23.7 Å². The minimum absolute atomic E-state index is 0.590. The zero-order valence-electron chi connectivity index (χ0n) is 16.1. The molecule has 2 aliphatic heterocycles. The van der Waals surface area contributed by atoms with Gasteiger partial charge in [-0.2, -0.15) is 0 Å². The van der Waals surface area contributed by atoms with E-state index in [-0.39, 0.29) is 0 Å². The second-order valence-corrected chi connectivity index (χ2v) is 7.78. The Morgan fingerprint density at radius 2 is 1.70 bits per heavy atom. The third-order valence-electron chi connectivity index (χ3n) is 6.00. The van der Waals surface area contributed by atoms with Gasteiger partial charge in [0.1, 0.15) is 59.7 Å². The van der Waals surface area contributed by atoms with E-state index in [1.807, 2.05) is 0 Å². The van der Waals surface area contributed by atoms with Gasteiger partial charge < -0.3 is 59.8 Å². The molecule has 8 N–H and O–H groups in total. The number of carbonyl (C=O) groups excluding carboxylic acids is 1. The summed E-state index contributed by atoms with van der Waals surface area (Å²) in [5.74, 6) is -2.79. The van der Waals surface area contributed by atoms with Crippen molar-refractivity contribution in [2.75, 3.05) is 13.7 Å². The van der Waals surface area contributed by atoms with Crippen LogP contribution in [0.1, 0.15) is 6.92 Å². The summed E-state index contributed by atoms with van der Waals surface area (Å²) >= 11 is 0. The largest absolute Gasteiger partial charge is 0.471 e. The van der Waals surface area contributed by atoms with E-state index < -0.39 is 84.5 Å². The second kappa shape index (κ2) is 7.94. The van der Waals surface area contributed by atoms with Gasteiger partial charge in [0.15, 0.2) is 6.29 Å². The molecule has 1 saturated carbocycles. The fourth-order valence-corrected chi connectivity index (χ4v) is 4.24. The number of aliphatic hydroxyl groups excluding tert-OH is 6. The molecule has 2 heterocycles. The van der Waals surface area contributed by atoms with Crippen LogP contribution in [0, 0.1) is 5.92 Å². The van der Waals surface area contributed by atoms with Crippen LogP contribution in [0.15, 0.2) is 11.8 Å². The van der Waals surface area contributed by atoms with Gasteiger partial charge >= 0.3 is 5.97 Å². The highest BCUT2D eigenvalue weighted by Gasteiger charge is 2.72. The maximum Gasteiger partial charge on any atom is 0.339 e. The number of methoxy groups -OCH3 is 1. The zero-order chi connectivity index (χ0) is 22.6. The number of rotatable bonds is 4. The summed E-state index contributed by atoms with van der Waals surface area (Å²) in [5.41, 5.74) is -5.43. The Balaban J connectivity index is 1.96. The summed E-state index contributed by atoms with van der Waals surface area (Å²) in [4.78, 5) is 12.1. The number of carbonyl (C=O) groups is 1. The first-order chi connectivity index (χ1) is 13.9. The van der Waals surface area contributed by atoms with Crippen LogP contribution in [-0.4, -0.2) is 121 Å². The van der Waals surface area contributed by atoms with Gasteiger partial charge in [0.05, 0.1) is 19.6 Å². The van der Waals surface area contributed by atoms with Crippen LogP contribution in [0.3, 0.4) is 0 Å². The summed E-state index contributed by atoms with van der Waals surface area (Å²) in [6.07, 6.45) is -13.3. The van der Waals surface area contributed by atoms with Crippen LogP contribution >= 0.6 is 0 Å². The Bertz CT molecular complexity index is 693. The van der Waals surface area contributed by atoms with E-state index in [4.69, 9.17) is 14.2 Å². The Labute approximate surface area is 170 Å². The quantitative estimate of drug-likeness (QED) is 0.193. The predicted molar refractivity (Wildman–Crippen MR) is 90.9 cm³/mol. The zero-order valence-corrected chi connectivity index (χ0v) is 16.1. The Kier molecular flexibility index (Phi) is 6.16. The summed E-state index contributed by atoms with van der Waals surface area (Å²) in [7, 11) is 1.01. The average molecular weight is 438 g/mol. The molecule has 13 nitrogen and oxygen atoms in total. The van der Waals surface area contributed by atoms with Crippen molar-refractivity contribution in [2.24, 2.45) is 5.92 Å². The van der Waals surface area contributed by atoms with Crippen LogP contribution in [0.5, 0.6) is 0 Å².